The first-order valence-corrected chi connectivity index (χ1v) is 11.2. The summed E-state index contributed by atoms with van der Waals surface area (Å²) in [6.45, 7) is 5.53. The number of alkyl halides is 3. The zero-order valence-corrected chi connectivity index (χ0v) is 20.0. The molecule has 1 N–H and O–H groups in total. The molecule has 35 heavy (non-hydrogen) atoms. The highest BCUT2D eigenvalue weighted by Gasteiger charge is 2.44. The Labute approximate surface area is 202 Å². The first kappa shape index (κ1) is 26.3. The van der Waals surface area contributed by atoms with E-state index < -0.39 is 30.4 Å². The Kier molecular flexibility index (Phi) is 7.92. The molecule has 0 unspecified atom stereocenters. The fourth-order valence-electron chi connectivity index (χ4n) is 3.47. The lowest BCUT2D eigenvalue weighted by atomic mass is 10.1. The number of hydrogen-bond donors (Lipinski definition) is 1. The highest BCUT2D eigenvalue weighted by atomic mass is 19.4. The molecule has 1 aliphatic carbocycles. The SMILES string of the molecule is C[C@@H](NC(=O)[C@H]1C[C@@H]1c1ccc(OCC(=O)OC(C)(C)C)cc1)c1ccc(OCC(F)(F)F)cn1. The van der Waals surface area contributed by atoms with Crippen LogP contribution in [0.1, 0.15) is 57.3 Å². The van der Waals surface area contributed by atoms with Crippen molar-refractivity contribution in [2.75, 3.05) is 13.2 Å². The summed E-state index contributed by atoms with van der Waals surface area (Å²) in [5, 5.41) is 2.90. The lowest BCUT2D eigenvalue weighted by Crippen LogP contribution is -2.29. The number of carbonyl (C=O) groups is 2. The molecule has 1 heterocycles. The van der Waals surface area contributed by atoms with E-state index in [0.717, 1.165) is 5.56 Å². The summed E-state index contributed by atoms with van der Waals surface area (Å²) in [6, 6.07) is 9.74. The molecule has 10 heteroatoms. The van der Waals surface area contributed by atoms with Crippen molar-refractivity contribution in [2.24, 2.45) is 5.92 Å². The van der Waals surface area contributed by atoms with E-state index in [4.69, 9.17) is 9.47 Å². The first-order valence-electron chi connectivity index (χ1n) is 11.2. The predicted molar refractivity (Wildman–Crippen MR) is 121 cm³/mol. The van der Waals surface area contributed by atoms with Crippen LogP contribution in [0.4, 0.5) is 13.2 Å². The van der Waals surface area contributed by atoms with Gasteiger partial charge >= 0.3 is 12.1 Å². The van der Waals surface area contributed by atoms with Gasteiger partial charge < -0.3 is 19.5 Å². The largest absolute Gasteiger partial charge is 0.483 e. The Balaban J connectivity index is 1.45. The molecule has 3 rings (SSSR count). The zero-order chi connectivity index (χ0) is 25.8. The summed E-state index contributed by atoms with van der Waals surface area (Å²) < 4.78 is 52.0. The minimum absolute atomic E-state index is 0.00498. The molecule has 7 nitrogen and oxygen atoms in total. The van der Waals surface area contributed by atoms with Gasteiger partial charge in [0.2, 0.25) is 5.91 Å². The van der Waals surface area contributed by atoms with Gasteiger partial charge in [-0.05, 0) is 69.9 Å². The van der Waals surface area contributed by atoms with Gasteiger partial charge in [0.1, 0.15) is 17.1 Å². The van der Waals surface area contributed by atoms with Gasteiger partial charge in [-0.2, -0.15) is 13.2 Å². The summed E-state index contributed by atoms with van der Waals surface area (Å²) in [7, 11) is 0. The number of pyridine rings is 1. The normalized spacial score (nSPS) is 18.4. The smallest absolute Gasteiger partial charge is 0.422 e. The molecule has 0 bridgehead atoms. The number of esters is 1. The number of nitrogens with one attached hydrogen (secondary N) is 1. The van der Waals surface area contributed by atoms with Crippen molar-refractivity contribution in [1.29, 1.82) is 0 Å². The van der Waals surface area contributed by atoms with Crippen LogP contribution >= 0.6 is 0 Å². The summed E-state index contributed by atoms with van der Waals surface area (Å²) in [4.78, 5) is 28.5. The van der Waals surface area contributed by atoms with Crippen LogP contribution in [0.25, 0.3) is 0 Å². The molecule has 0 saturated heterocycles. The van der Waals surface area contributed by atoms with Crippen molar-refractivity contribution in [1.82, 2.24) is 10.3 Å². The van der Waals surface area contributed by atoms with Crippen LogP contribution in [0.2, 0.25) is 0 Å². The van der Waals surface area contributed by atoms with Crippen LogP contribution in [-0.2, 0) is 14.3 Å². The summed E-state index contributed by atoms with van der Waals surface area (Å²) >= 11 is 0. The monoisotopic (exact) mass is 494 g/mol. The van der Waals surface area contributed by atoms with Gasteiger partial charge in [-0.1, -0.05) is 12.1 Å². The van der Waals surface area contributed by atoms with Crippen molar-refractivity contribution in [2.45, 2.75) is 57.9 Å². The van der Waals surface area contributed by atoms with E-state index in [1.165, 1.54) is 18.3 Å². The first-order chi connectivity index (χ1) is 16.3. The Morgan fingerprint density at radius 3 is 2.29 bits per heavy atom. The molecule has 1 aromatic carbocycles. The summed E-state index contributed by atoms with van der Waals surface area (Å²) in [5.74, 6) is -0.137. The third-order valence-corrected chi connectivity index (χ3v) is 5.18. The van der Waals surface area contributed by atoms with E-state index in [9.17, 15) is 22.8 Å². The second-order valence-corrected chi connectivity index (χ2v) is 9.45. The molecule has 1 aliphatic rings. The van der Waals surface area contributed by atoms with Crippen LogP contribution in [0.15, 0.2) is 42.6 Å². The van der Waals surface area contributed by atoms with Crippen LogP contribution < -0.4 is 14.8 Å². The molecule has 190 valence electrons. The lowest BCUT2D eigenvalue weighted by Gasteiger charge is -2.19. The number of ether oxygens (including phenoxy) is 3. The molecule has 0 radical (unpaired) electrons. The molecule has 1 fully saturated rings. The van der Waals surface area contributed by atoms with E-state index in [1.54, 1.807) is 39.8 Å². The minimum Gasteiger partial charge on any atom is -0.483 e. The number of amides is 1. The molecule has 1 aromatic heterocycles. The van der Waals surface area contributed by atoms with Gasteiger partial charge in [0.25, 0.3) is 0 Å². The number of carbonyl (C=O) groups excluding carboxylic acids is 2. The van der Waals surface area contributed by atoms with Crippen molar-refractivity contribution in [3.63, 3.8) is 0 Å². The summed E-state index contributed by atoms with van der Waals surface area (Å²) in [5.41, 5.74) is 0.932. The molecular weight excluding hydrogens is 465 g/mol. The number of benzene rings is 1. The van der Waals surface area contributed by atoms with Crippen LogP contribution in [0.3, 0.4) is 0 Å². The minimum atomic E-state index is -4.42. The average molecular weight is 495 g/mol. The maximum absolute atomic E-state index is 12.6. The number of halogens is 3. The third-order valence-electron chi connectivity index (χ3n) is 5.18. The number of aromatic nitrogens is 1. The fraction of sp³-hybridized carbons (Fsp3) is 0.480. The molecular formula is C25H29F3N2O5. The van der Waals surface area contributed by atoms with E-state index >= 15 is 0 Å². The van der Waals surface area contributed by atoms with Gasteiger partial charge in [-0.3, -0.25) is 9.78 Å². The maximum Gasteiger partial charge on any atom is 0.422 e. The van der Waals surface area contributed by atoms with Gasteiger partial charge in [0, 0.05) is 5.92 Å². The second kappa shape index (κ2) is 10.5. The summed E-state index contributed by atoms with van der Waals surface area (Å²) in [6.07, 6.45) is -2.52. The maximum atomic E-state index is 12.6. The van der Waals surface area contributed by atoms with Gasteiger partial charge in [-0.15, -0.1) is 0 Å². The lowest BCUT2D eigenvalue weighted by molar-refractivity contribution is -0.157. The van der Waals surface area contributed by atoms with E-state index in [-0.39, 0.29) is 30.1 Å². The van der Waals surface area contributed by atoms with Crippen LogP contribution in [0.5, 0.6) is 11.5 Å². The quantitative estimate of drug-likeness (QED) is 0.508. The second-order valence-electron chi connectivity index (χ2n) is 9.45. The van der Waals surface area contributed by atoms with E-state index in [0.29, 0.717) is 17.9 Å². The molecule has 3 atom stereocenters. The number of rotatable bonds is 9. The molecule has 1 amide bonds. The highest BCUT2D eigenvalue weighted by Crippen LogP contribution is 2.48. The molecule has 2 aromatic rings. The Morgan fingerprint density at radius 2 is 1.71 bits per heavy atom. The average Bonchev–Trinajstić information content (AvgIpc) is 3.56. The Hall–Kier alpha value is -3.30. The van der Waals surface area contributed by atoms with Crippen LogP contribution in [0, 0.1) is 5.92 Å². The van der Waals surface area contributed by atoms with Crippen molar-refractivity contribution in [3.05, 3.63) is 53.9 Å². The van der Waals surface area contributed by atoms with E-state index in [2.05, 4.69) is 15.0 Å². The van der Waals surface area contributed by atoms with Crippen molar-refractivity contribution >= 4 is 11.9 Å². The van der Waals surface area contributed by atoms with Gasteiger partial charge in [-0.25, -0.2) is 4.79 Å². The van der Waals surface area contributed by atoms with Crippen molar-refractivity contribution < 1.29 is 37.0 Å². The number of nitrogens with zero attached hydrogens (tertiary/aromatic N) is 1. The molecule has 0 aliphatic heterocycles. The van der Waals surface area contributed by atoms with Gasteiger partial charge in [0.05, 0.1) is 17.9 Å². The van der Waals surface area contributed by atoms with Gasteiger partial charge in [0.15, 0.2) is 13.2 Å². The number of hydrogen-bond acceptors (Lipinski definition) is 6. The van der Waals surface area contributed by atoms with Crippen molar-refractivity contribution in [3.8, 4) is 11.5 Å². The van der Waals surface area contributed by atoms with Crippen LogP contribution in [-0.4, -0.2) is 41.9 Å². The third kappa shape index (κ3) is 8.45. The predicted octanol–water partition coefficient (Wildman–Crippen LogP) is 4.72. The van der Waals surface area contributed by atoms with E-state index in [1.807, 2.05) is 12.1 Å². The standard InChI is InChI=1S/C25H29F3N2O5/c1-15(21-10-9-18(12-29-21)34-14-25(26,27)28)30-23(32)20-11-19(20)16-5-7-17(8-6-16)33-13-22(31)35-24(2,3)4/h5-10,12,15,19-20H,11,13-14H2,1-4H3,(H,30,32)/t15-,19-,20+/m1/s1. The fourth-order valence-corrected chi connectivity index (χ4v) is 3.47. The topological polar surface area (TPSA) is 86.8 Å². The highest BCUT2D eigenvalue weighted by molar-refractivity contribution is 5.83. The molecule has 0 spiro atoms. The Bertz CT molecular complexity index is 1020. The zero-order valence-electron chi connectivity index (χ0n) is 20.0. The molecule has 1 saturated carbocycles. The Morgan fingerprint density at radius 1 is 1.06 bits per heavy atom.